The van der Waals surface area contributed by atoms with Crippen LogP contribution in [0.15, 0.2) is 18.5 Å². The highest BCUT2D eigenvalue weighted by Gasteiger charge is 2.69. The summed E-state index contributed by atoms with van der Waals surface area (Å²) in [6, 6.07) is 1.69. The average molecular weight is 192 g/mol. The molecular weight excluding hydrogens is 180 g/mol. The van der Waals surface area contributed by atoms with Gasteiger partial charge < -0.3 is 5.11 Å². The van der Waals surface area contributed by atoms with Gasteiger partial charge in [-0.05, 0) is 17.9 Å². The molecule has 1 heterocycles. The van der Waals surface area contributed by atoms with E-state index in [0.29, 0.717) is 12.2 Å². The lowest BCUT2D eigenvalue weighted by Crippen LogP contribution is -2.27. The van der Waals surface area contributed by atoms with Crippen LogP contribution in [0.25, 0.3) is 0 Å². The van der Waals surface area contributed by atoms with Crippen LogP contribution in [-0.4, -0.2) is 21.0 Å². The van der Waals surface area contributed by atoms with Gasteiger partial charge in [-0.15, -0.1) is 0 Å². The van der Waals surface area contributed by atoms with Crippen LogP contribution in [0.4, 0.5) is 0 Å². The van der Waals surface area contributed by atoms with Crippen LogP contribution in [0.3, 0.4) is 0 Å². The fourth-order valence-corrected chi connectivity index (χ4v) is 1.98. The molecule has 4 heteroatoms. The first-order valence-electron chi connectivity index (χ1n) is 4.52. The van der Waals surface area contributed by atoms with Gasteiger partial charge in [-0.2, -0.15) is 0 Å². The zero-order valence-corrected chi connectivity index (χ0v) is 8.19. The molecule has 1 N–H and O–H groups in total. The maximum Gasteiger partial charge on any atom is 0.317 e. The molecule has 1 aromatic heterocycles. The number of carbonyl (C=O) groups is 1. The summed E-state index contributed by atoms with van der Waals surface area (Å²) < 4.78 is 0. The Morgan fingerprint density at radius 3 is 2.29 bits per heavy atom. The molecule has 1 fully saturated rings. The second-order valence-electron chi connectivity index (χ2n) is 4.34. The molecule has 74 valence electrons. The van der Waals surface area contributed by atoms with Gasteiger partial charge in [0.15, 0.2) is 0 Å². The molecule has 0 aromatic carbocycles. The minimum Gasteiger partial charge on any atom is -0.480 e. The highest BCUT2D eigenvalue weighted by atomic mass is 16.4. The zero-order chi connectivity index (χ0) is 10.4. The highest BCUT2D eigenvalue weighted by molar-refractivity contribution is 5.85. The van der Waals surface area contributed by atoms with E-state index in [2.05, 4.69) is 9.97 Å². The van der Waals surface area contributed by atoms with Crippen LogP contribution in [0.2, 0.25) is 0 Å². The minimum atomic E-state index is -0.867. The maximum absolute atomic E-state index is 11.2. The van der Waals surface area contributed by atoms with Crippen molar-refractivity contribution in [3.8, 4) is 0 Å². The minimum absolute atomic E-state index is 0.236. The molecule has 14 heavy (non-hydrogen) atoms. The number of rotatable bonds is 2. The number of aliphatic carboxylic acids is 1. The van der Waals surface area contributed by atoms with E-state index in [9.17, 15) is 9.90 Å². The summed E-state index contributed by atoms with van der Waals surface area (Å²) in [4.78, 5) is 19.3. The fourth-order valence-electron chi connectivity index (χ4n) is 1.98. The molecule has 1 aliphatic rings. The van der Waals surface area contributed by atoms with Crippen LogP contribution in [0, 0.1) is 5.41 Å². The fraction of sp³-hybridized carbons (Fsp3) is 0.500. The van der Waals surface area contributed by atoms with Gasteiger partial charge in [0.25, 0.3) is 0 Å². The largest absolute Gasteiger partial charge is 0.480 e. The number of hydrogen-bond acceptors (Lipinski definition) is 3. The molecule has 1 aromatic rings. The van der Waals surface area contributed by atoms with Gasteiger partial charge in [-0.25, -0.2) is 9.97 Å². The second-order valence-corrected chi connectivity index (χ2v) is 4.34. The number of carboxylic acids is 1. The SMILES string of the molecule is CC1(C)CC1(C(=O)O)c1ncccn1. The smallest absolute Gasteiger partial charge is 0.317 e. The Hall–Kier alpha value is -1.45. The Bertz CT molecular complexity index is 375. The van der Waals surface area contributed by atoms with Gasteiger partial charge in [0.05, 0.1) is 0 Å². The number of carboxylic acid groups (broad SMARTS) is 1. The Labute approximate surface area is 82.0 Å². The van der Waals surface area contributed by atoms with Crippen molar-refractivity contribution in [2.45, 2.75) is 25.7 Å². The van der Waals surface area contributed by atoms with Crippen molar-refractivity contribution in [2.75, 3.05) is 0 Å². The van der Waals surface area contributed by atoms with Crippen LogP contribution in [0.5, 0.6) is 0 Å². The van der Waals surface area contributed by atoms with Crippen LogP contribution in [0.1, 0.15) is 26.1 Å². The maximum atomic E-state index is 11.2. The zero-order valence-electron chi connectivity index (χ0n) is 8.19. The monoisotopic (exact) mass is 192 g/mol. The molecule has 2 rings (SSSR count). The molecule has 0 amide bonds. The molecule has 4 nitrogen and oxygen atoms in total. The molecule has 0 radical (unpaired) electrons. The topological polar surface area (TPSA) is 63.1 Å². The third-order valence-electron chi connectivity index (χ3n) is 3.05. The van der Waals surface area contributed by atoms with Gasteiger partial charge in [0, 0.05) is 12.4 Å². The van der Waals surface area contributed by atoms with E-state index >= 15 is 0 Å². The van der Waals surface area contributed by atoms with Crippen molar-refractivity contribution in [3.05, 3.63) is 24.3 Å². The van der Waals surface area contributed by atoms with E-state index in [0.717, 1.165) is 0 Å². The van der Waals surface area contributed by atoms with Gasteiger partial charge in [0.1, 0.15) is 11.2 Å². The Kier molecular flexibility index (Phi) is 1.65. The van der Waals surface area contributed by atoms with Gasteiger partial charge in [-0.1, -0.05) is 13.8 Å². The summed E-state index contributed by atoms with van der Waals surface area (Å²) in [5, 5.41) is 9.21. The molecule has 0 aliphatic heterocycles. The predicted octanol–water partition coefficient (Wildman–Crippen LogP) is 1.23. The number of nitrogens with zero attached hydrogens (tertiary/aromatic N) is 2. The summed E-state index contributed by atoms with van der Waals surface area (Å²) >= 11 is 0. The van der Waals surface area contributed by atoms with E-state index in [1.54, 1.807) is 18.5 Å². The van der Waals surface area contributed by atoms with Gasteiger partial charge >= 0.3 is 5.97 Å². The first kappa shape index (κ1) is 9.12. The molecule has 1 saturated carbocycles. The van der Waals surface area contributed by atoms with E-state index in [1.807, 2.05) is 13.8 Å². The third-order valence-corrected chi connectivity index (χ3v) is 3.05. The van der Waals surface area contributed by atoms with Crippen molar-refractivity contribution in [2.24, 2.45) is 5.41 Å². The quantitative estimate of drug-likeness (QED) is 0.765. The van der Waals surface area contributed by atoms with E-state index in [4.69, 9.17) is 0 Å². The van der Waals surface area contributed by atoms with Crippen LogP contribution >= 0.6 is 0 Å². The molecule has 1 aliphatic carbocycles. The lowest BCUT2D eigenvalue weighted by atomic mass is 9.95. The summed E-state index contributed by atoms with van der Waals surface area (Å²) in [6.45, 7) is 3.86. The van der Waals surface area contributed by atoms with Gasteiger partial charge in [0.2, 0.25) is 0 Å². The lowest BCUT2D eigenvalue weighted by Gasteiger charge is -2.13. The number of hydrogen-bond donors (Lipinski definition) is 1. The van der Waals surface area contributed by atoms with Crippen molar-refractivity contribution >= 4 is 5.97 Å². The standard InChI is InChI=1S/C10H12N2O2/c1-9(2)6-10(9,8(13)14)7-11-4-3-5-12-7/h3-5H,6H2,1-2H3,(H,13,14). The Balaban J connectivity index is 2.47. The van der Waals surface area contributed by atoms with Crippen molar-refractivity contribution in [1.82, 2.24) is 9.97 Å². The lowest BCUT2D eigenvalue weighted by molar-refractivity contribution is -0.141. The Morgan fingerprint density at radius 2 is 1.93 bits per heavy atom. The van der Waals surface area contributed by atoms with Crippen LogP contribution < -0.4 is 0 Å². The molecule has 0 bridgehead atoms. The first-order chi connectivity index (χ1) is 6.51. The van der Waals surface area contributed by atoms with E-state index in [-0.39, 0.29) is 5.41 Å². The molecule has 0 spiro atoms. The molecular formula is C10H12N2O2. The number of aromatic nitrogens is 2. The average Bonchev–Trinajstić information content (AvgIpc) is 2.72. The van der Waals surface area contributed by atoms with E-state index < -0.39 is 11.4 Å². The predicted molar refractivity (Wildman–Crippen MR) is 49.7 cm³/mol. The second kappa shape index (κ2) is 2.53. The highest BCUT2D eigenvalue weighted by Crippen LogP contribution is 2.63. The molecule has 1 atom stereocenters. The molecule has 1 unspecified atom stereocenters. The first-order valence-corrected chi connectivity index (χ1v) is 4.52. The third kappa shape index (κ3) is 0.967. The van der Waals surface area contributed by atoms with Crippen molar-refractivity contribution in [3.63, 3.8) is 0 Å². The summed E-state index contributed by atoms with van der Waals surface area (Å²) in [6.07, 6.45) is 3.78. The molecule has 0 saturated heterocycles. The summed E-state index contributed by atoms with van der Waals surface area (Å²) in [5.74, 6) is -0.397. The normalized spacial score (nSPS) is 28.4. The van der Waals surface area contributed by atoms with Gasteiger partial charge in [-0.3, -0.25) is 4.79 Å². The van der Waals surface area contributed by atoms with Crippen molar-refractivity contribution in [1.29, 1.82) is 0 Å². The summed E-state index contributed by atoms with van der Waals surface area (Å²) in [5.41, 5.74) is -1.10. The Morgan fingerprint density at radius 1 is 1.43 bits per heavy atom. The van der Waals surface area contributed by atoms with E-state index in [1.165, 1.54) is 0 Å². The van der Waals surface area contributed by atoms with Crippen molar-refractivity contribution < 1.29 is 9.90 Å². The summed E-state index contributed by atoms with van der Waals surface area (Å²) in [7, 11) is 0. The van der Waals surface area contributed by atoms with Crippen LogP contribution in [-0.2, 0) is 10.2 Å².